The fourth-order valence-electron chi connectivity index (χ4n) is 2.94. The van der Waals surface area contributed by atoms with E-state index in [0.29, 0.717) is 16.6 Å². The number of oxazole rings is 1. The van der Waals surface area contributed by atoms with Gasteiger partial charge in [-0.15, -0.1) is 0 Å². The minimum atomic E-state index is -4.58. The smallest absolute Gasteiger partial charge is 0.408 e. The van der Waals surface area contributed by atoms with Gasteiger partial charge >= 0.3 is 11.9 Å². The van der Waals surface area contributed by atoms with Crippen LogP contribution in [0.5, 0.6) is 0 Å². The lowest BCUT2D eigenvalue weighted by Gasteiger charge is -2.11. The molecular formula is C17H12F3N3O2. The number of imidazole rings is 1. The van der Waals surface area contributed by atoms with E-state index in [1.807, 2.05) is 0 Å². The molecule has 0 aliphatic carbocycles. The van der Waals surface area contributed by atoms with E-state index in [1.165, 1.54) is 10.6 Å². The number of hydrogen-bond donors (Lipinski definition) is 0. The Hall–Kier alpha value is -3.03. The Morgan fingerprint density at radius 3 is 2.32 bits per heavy atom. The Bertz CT molecular complexity index is 1120. The molecule has 0 bridgehead atoms. The molecule has 0 saturated heterocycles. The van der Waals surface area contributed by atoms with E-state index in [9.17, 15) is 18.0 Å². The highest BCUT2D eigenvalue weighted by Gasteiger charge is 2.37. The van der Waals surface area contributed by atoms with Crippen LogP contribution in [0.1, 0.15) is 5.82 Å². The molecule has 4 rings (SSSR count). The number of aromatic nitrogens is 3. The molecule has 2 heterocycles. The number of benzene rings is 2. The second-order valence-electron chi connectivity index (χ2n) is 5.56. The number of aryl methyl sites for hydroxylation is 2. The van der Waals surface area contributed by atoms with Crippen molar-refractivity contribution in [3.63, 3.8) is 0 Å². The monoisotopic (exact) mass is 347 g/mol. The maximum absolute atomic E-state index is 13.3. The Labute approximate surface area is 138 Å². The molecule has 0 atom stereocenters. The largest absolute Gasteiger partial charge is 0.449 e. The summed E-state index contributed by atoms with van der Waals surface area (Å²) in [6.45, 7) is -0.0158. The highest BCUT2D eigenvalue weighted by molar-refractivity contribution is 5.76. The van der Waals surface area contributed by atoms with Gasteiger partial charge in [-0.05, 0) is 24.3 Å². The van der Waals surface area contributed by atoms with E-state index >= 15 is 0 Å². The number of hydrogen-bond acceptors (Lipinski definition) is 3. The lowest BCUT2D eigenvalue weighted by atomic mass is 10.3. The molecule has 2 aromatic heterocycles. The standard InChI is InChI=1S/C17H12F3N3O2/c18-17(19,20)15-21-11-5-1-2-6-12(11)22(15)9-10-23-13-7-3-4-8-14(13)25-16(23)24/h1-8H,9-10H2. The Balaban J connectivity index is 1.78. The van der Waals surface area contributed by atoms with Crippen LogP contribution in [-0.4, -0.2) is 14.1 Å². The molecule has 8 heteroatoms. The van der Waals surface area contributed by atoms with E-state index < -0.39 is 17.8 Å². The first-order valence-corrected chi connectivity index (χ1v) is 7.56. The summed E-state index contributed by atoms with van der Waals surface area (Å²) in [7, 11) is 0. The van der Waals surface area contributed by atoms with E-state index in [-0.39, 0.29) is 18.6 Å². The lowest BCUT2D eigenvalue weighted by Crippen LogP contribution is -2.21. The molecular weight excluding hydrogens is 335 g/mol. The van der Waals surface area contributed by atoms with Crippen LogP contribution in [0.15, 0.2) is 57.7 Å². The summed E-state index contributed by atoms with van der Waals surface area (Å²) < 4.78 is 47.5. The average molecular weight is 347 g/mol. The molecule has 0 unspecified atom stereocenters. The zero-order valence-corrected chi connectivity index (χ0v) is 12.8. The summed E-state index contributed by atoms with van der Waals surface area (Å²) in [6.07, 6.45) is -4.58. The molecule has 0 radical (unpaired) electrons. The summed E-state index contributed by atoms with van der Waals surface area (Å²) in [5.74, 6) is -1.58. The van der Waals surface area contributed by atoms with Crippen LogP contribution >= 0.6 is 0 Å². The number of fused-ring (bicyclic) bond motifs is 2. The SMILES string of the molecule is O=c1oc2ccccc2n1CCn1c(C(F)(F)F)nc2ccccc21. The number of halogens is 3. The Morgan fingerprint density at radius 2 is 1.56 bits per heavy atom. The van der Waals surface area contributed by atoms with Crippen LogP contribution in [0, 0.1) is 0 Å². The van der Waals surface area contributed by atoms with Gasteiger partial charge in [0.2, 0.25) is 5.82 Å². The average Bonchev–Trinajstić information content (AvgIpc) is 3.10. The number of alkyl halides is 3. The van der Waals surface area contributed by atoms with Gasteiger partial charge in [-0.3, -0.25) is 4.57 Å². The summed E-state index contributed by atoms with van der Waals surface area (Å²) in [5.41, 5.74) is 1.58. The first-order chi connectivity index (χ1) is 11.9. The molecule has 0 spiro atoms. The molecule has 0 amide bonds. The highest BCUT2D eigenvalue weighted by atomic mass is 19.4. The second-order valence-corrected chi connectivity index (χ2v) is 5.56. The van der Waals surface area contributed by atoms with Crippen molar-refractivity contribution in [2.45, 2.75) is 19.3 Å². The minimum absolute atomic E-state index is 0.0410. The molecule has 4 aromatic rings. The highest BCUT2D eigenvalue weighted by Crippen LogP contribution is 2.31. The minimum Gasteiger partial charge on any atom is -0.408 e. The van der Waals surface area contributed by atoms with Crippen LogP contribution in [0.2, 0.25) is 0 Å². The summed E-state index contributed by atoms with van der Waals surface area (Å²) in [6, 6.07) is 13.2. The van der Waals surface area contributed by atoms with Crippen molar-refractivity contribution in [3.05, 3.63) is 64.9 Å². The van der Waals surface area contributed by atoms with Crippen LogP contribution in [0.25, 0.3) is 22.1 Å². The fraction of sp³-hybridized carbons (Fsp3) is 0.176. The van der Waals surface area contributed by atoms with Crippen molar-refractivity contribution < 1.29 is 17.6 Å². The zero-order valence-electron chi connectivity index (χ0n) is 12.8. The van der Waals surface area contributed by atoms with Gasteiger partial charge in [0.15, 0.2) is 5.58 Å². The van der Waals surface area contributed by atoms with Gasteiger partial charge in [0, 0.05) is 13.1 Å². The summed E-state index contributed by atoms with van der Waals surface area (Å²) in [4.78, 5) is 15.7. The molecule has 5 nitrogen and oxygen atoms in total. The topological polar surface area (TPSA) is 53.0 Å². The van der Waals surface area contributed by atoms with Crippen LogP contribution in [0.4, 0.5) is 13.2 Å². The third kappa shape index (κ3) is 2.59. The molecule has 128 valence electrons. The predicted octanol–water partition coefficient (Wildman–Crippen LogP) is 3.66. The van der Waals surface area contributed by atoms with Gasteiger partial charge < -0.3 is 8.98 Å². The van der Waals surface area contributed by atoms with Crippen molar-refractivity contribution in [2.24, 2.45) is 0 Å². The van der Waals surface area contributed by atoms with E-state index in [0.717, 1.165) is 4.57 Å². The Kier molecular flexibility index (Phi) is 3.41. The normalized spacial score (nSPS) is 12.3. The van der Waals surface area contributed by atoms with Crippen LogP contribution in [-0.2, 0) is 19.3 Å². The molecule has 0 N–H and O–H groups in total. The predicted molar refractivity (Wildman–Crippen MR) is 85.2 cm³/mol. The van der Waals surface area contributed by atoms with Crippen molar-refractivity contribution in [1.29, 1.82) is 0 Å². The van der Waals surface area contributed by atoms with Gasteiger partial charge in [0.05, 0.1) is 16.6 Å². The van der Waals surface area contributed by atoms with Crippen molar-refractivity contribution >= 4 is 22.1 Å². The van der Waals surface area contributed by atoms with Crippen LogP contribution < -0.4 is 5.76 Å². The van der Waals surface area contributed by atoms with Crippen LogP contribution in [0.3, 0.4) is 0 Å². The third-order valence-electron chi connectivity index (χ3n) is 4.03. The van der Waals surface area contributed by atoms with E-state index in [2.05, 4.69) is 4.98 Å². The maximum atomic E-state index is 13.3. The first-order valence-electron chi connectivity index (χ1n) is 7.56. The van der Waals surface area contributed by atoms with Gasteiger partial charge in [-0.25, -0.2) is 9.78 Å². The number of nitrogens with zero attached hydrogens (tertiary/aromatic N) is 3. The molecule has 0 aliphatic heterocycles. The third-order valence-corrected chi connectivity index (χ3v) is 4.03. The molecule has 2 aromatic carbocycles. The van der Waals surface area contributed by atoms with Crippen molar-refractivity contribution in [2.75, 3.05) is 0 Å². The zero-order chi connectivity index (χ0) is 17.6. The fourth-order valence-corrected chi connectivity index (χ4v) is 2.94. The van der Waals surface area contributed by atoms with Crippen molar-refractivity contribution in [1.82, 2.24) is 14.1 Å². The quantitative estimate of drug-likeness (QED) is 0.568. The van der Waals surface area contributed by atoms with Gasteiger partial charge in [0.1, 0.15) is 0 Å². The summed E-state index contributed by atoms with van der Waals surface area (Å²) in [5, 5.41) is 0. The lowest BCUT2D eigenvalue weighted by molar-refractivity contribution is -0.147. The van der Waals surface area contributed by atoms with Crippen molar-refractivity contribution in [3.8, 4) is 0 Å². The molecule has 25 heavy (non-hydrogen) atoms. The summed E-state index contributed by atoms with van der Waals surface area (Å²) >= 11 is 0. The van der Waals surface area contributed by atoms with Gasteiger partial charge in [0.25, 0.3) is 0 Å². The number of rotatable bonds is 3. The van der Waals surface area contributed by atoms with E-state index in [4.69, 9.17) is 4.42 Å². The first kappa shape index (κ1) is 15.5. The van der Waals surface area contributed by atoms with Gasteiger partial charge in [-0.1, -0.05) is 24.3 Å². The molecule has 0 aliphatic rings. The van der Waals surface area contributed by atoms with Gasteiger partial charge in [-0.2, -0.15) is 13.2 Å². The number of para-hydroxylation sites is 4. The Morgan fingerprint density at radius 1 is 0.920 bits per heavy atom. The molecule has 0 fully saturated rings. The maximum Gasteiger partial charge on any atom is 0.449 e. The second kappa shape index (κ2) is 5.51. The van der Waals surface area contributed by atoms with E-state index in [1.54, 1.807) is 42.5 Å². The molecule has 0 saturated carbocycles.